The van der Waals surface area contributed by atoms with Crippen LogP contribution in [0.4, 0.5) is 5.13 Å². The highest BCUT2D eigenvalue weighted by molar-refractivity contribution is 7.20. The van der Waals surface area contributed by atoms with Crippen molar-refractivity contribution in [2.45, 2.75) is 39.0 Å². The third-order valence-corrected chi connectivity index (χ3v) is 6.62. The van der Waals surface area contributed by atoms with E-state index < -0.39 is 11.5 Å². The van der Waals surface area contributed by atoms with E-state index >= 15 is 0 Å². The van der Waals surface area contributed by atoms with E-state index in [2.05, 4.69) is 27.2 Å². The summed E-state index contributed by atoms with van der Waals surface area (Å²) >= 11 is 1.37. The van der Waals surface area contributed by atoms with Gasteiger partial charge in [-0.1, -0.05) is 18.3 Å². The van der Waals surface area contributed by atoms with Crippen LogP contribution >= 0.6 is 11.3 Å². The highest BCUT2D eigenvalue weighted by Gasteiger charge is 2.22. The Kier molecular flexibility index (Phi) is 5.79. The summed E-state index contributed by atoms with van der Waals surface area (Å²) in [4.78, 5) is 45.5. The van der Waals surface area contributed by atoms with Gasteiger partial charge in [-0.05, 0) is 31.6 Å². The van der Waals surface area contributed by atoms with Gasteiger partial charge in [-0.15, -0.1) is 5.10 Å². The second kappa shape index (κ2) is 8.48. The lowest BCUT2D eigenvalue weighted by atomic mass is 10.00. The first-order chi connectivity index (χ1) is 14.0. The number of fused-ring (bicyclic) bond motifs is 1. The van der Waals surface area contributed by atoms with Crippen molar-refractivity contribution in [2.75, 3.05) is 37.6 Å². The number of piperidine rings is 1. The minimum atomic E-state index is -0.453. The van der Waals surface area contributed by atoms with Crippen molar-refractivity contribution in [3.63, 3.8) is 0 Å². The van der Waals surface area contributed by atoms with Gasteiger partial charge in [0.05, 0.1) is 0 Å². The van der Waals surface area contributed by atoms with Crippen molar-refractivity contribution < 1.29 is 9.59 Å². The molecule has 9 nitrogen and oxygen atoms in total. The predicted molar refractivity (Wildman–Crippen MR) is 111 cm³/mol. The number of hydrogen-bond acceptors (Lipinski definition) is 7. The van der Waals surface area contributed by atoms with Crippen LogP contribution in [0.3, 0.4) is 0 Å². The topological polar surface area (TPSA) is 99.9 Å². The van der Waals surface area contributed by atoms with Crippen molar-refractivity contribution in [3.8, 4) is 0 Å². The standard InChI is InChI=1S/C19H26N6O3S/c1-13-5-10-24(11-6-13)19-22-25-17(28)14(12-21-18(25)29-19)16(27)20-7-3-9-23-8-2-4-15(23)26/h12-13H,2-11H2,1H3,(H,20,27). The van der Waals surface area contributed by atoms with Crippen LogP contribution in [0.1, 0.15) is 49.4 Å². The molecule has 2 saturated heterocycles. The Balaban J connectivity index is 1.39. The van der Waals surface area contributed by atoms with Crippen LogP contribution in [0.15, 0.2) is 11.0 Å². The Morgan fingerprint density at radius 3 is 2.79 bits per heavy atom. The highest BCUT2D eigenvalue weighted by Crippen LogP contribution is 2.26. The number of likely N-dealkylation sites (tertiary alicyclic amines) is 1. The summed E-state index contributed by atoms with van der Waals surface area (Å²) in [5.74, 6) is 0.429. The quantitative estimate of drug-likeness (QED) is 0.706. The lowest BCUT2D eigenvalue weighted by molar-refractivity contribution is -0.127. The molecule has 1 N–H and O–H groups in total. The van der Waals surface area contributed by atoms with E-state index in [1.54, 1.807) is 0 Å². The first-order valence-electron chi connectivity index (χ1n) is 10.2. The number of carbonyl (C=O) groups excluding carboxylic acids is 2. The predicted octanol–water partition coefficient (Wildman–Crippen LogP) is 1.13. The molecule has 2 aromatic heterocycles. The molecule has 4 rings (SSSR count). The number of amides is 2. The third kappa shape index (κ3) is 4.26. The zero-order chi connectivity index (χ0) is 20.4. The Bertz CT molecular complexity index is 962. The minimum absolute atomic E-state index is 0.0103. The molecule has 0 aromatic carbocycles. The van der Waals surface area contributed by atoms with E-state index in [0.717, 1.165) is 44.0 Å². The number of carbonyl (C=O) groups is 2. The maximum Gasteiger partial charge on any atom is 0.288 e. The molecule has 10 heteroatoms. The highest BCUT2D eigenvalue weighted by atomic mass is 32.1. The Hall–Kier alpha value is -2.49. The maximum atomic E-state index is 12.7. The van der Waals surface area contributed by atoms with Crippen molar-refractivity contribution in [2.24, 2.45) is 5.92 Å². The molecule has 0 aliphatic carbocycles. The number of hydrogen-bond donors (Lipinski definition) is 1. The number of nitrogens with one attached hydrogen (secondary N) is 1. The van der Waals surface area contributed by atoms with Gasteiger partial charge in [0, 0.05) is 45.3 Å². The van der Waals surface area contributed by atoms with Gasteiger partial charge in [-0.2, -0.15) is 4.52 Å². The molecular weight excluding hydrogens is 392 g/mol. The van der Waals surface area contributed by atoms with Crippen LogP contribution in [0.25, 0.3) is 4.96 Å². The molecule has 2 aliphatic rings. The molecule has 0 bridgehead atoms. The molecule has 0 unspecified atom stereocenters. The lowest BCUT2D eigenvalue weighted by Gasteiger charge is -2.29. The average Bonchev–Trinajstić information content (AvgIpc) is 3.32. The van der Waals surface area contributed by atoms with E-state index in [1.165, 1.54) is 22.0 Å². The van der Waals surface area contributed by atoms with Gasteiger partial charge in [0.1, 0.15) is 5.56 Å². The van der Waals surface area contributed by atoms with Gasteiger partial charge < -0.3 is 15.1 Å². The molecule has 2 fully saturated rings. The summed E-state index contributed by atoms with van der Waals surface area (Å²) < 4.78 is 1.23. The van der Waals surface area contributed by atoms with Crippen molar-refractivity contribution in [1.29, 1.82) is 0 Å². The fourth-order valence-electron chi connectivity index (χ4n) is 3.77. The van der Waals surface area contributed by atoms with Gasteiger partial charge in [0.15, 0.2) is 0 Å². The first-order valence-corrected chi connectivity index (χ1v) is 11.0. The summed E-state index contributed by atoms with van der Waals surface area (Å²) in [5, 5.41) is 7.95. The van der Waals surface area contributed by atoms with E-state index in [9.17, 15) is 14.4 Å². The minimum Gasteiger partial charge on any atom is -0.352 e. The van der Waals surface area contributed by atoms with Crippen molar-refractivity contribution in [3.05, 3.63) is 22.1 Å². The summed E-state index contributed by atoms with van der Waals surface area (Å²) in [7, 11) is 0. The zero-order valence-corrected chi connectivity index (χ0v) is 17.4. The number of rotatable bonds is 6. The fourth-order valence-corrected chi connectivity index (χ4v) is 4.68. The number of aromatic nitrogens is 3. The summed E-state index contributed by atoms with van der Waals surface area (Å²) in [5.41, 5.74) is -0.459. The van der Waals surface area contributed by atoms with Crippen LogP contribution in [-0.4, -0.2) is 64.0 Å². The van der Waals surface area contributed by atoms with E-state index in [0.29, 0.717) is 36.8 Å². The van der Waals surface area contributed by atoms with Crippen LogP contribution in [-0.2, 0) is 4.79 Å². The van der Waals surface area contributed by atoms with Gasteiger partial charge in [0.25, 0.3) is 11.5 Å². The van der Waals surface area contributed by atoms with Gasteiger partial charge in [0.2, 0.25) is 16.0 Å². The molecule has 0 radical (unpaired) electrons. The summed E-state index contributed by atoms with van der Waals surface area (Å²) in [6.07, 6.45) is 5.71. The SMILES string of the molecule is CC1CCN(c2nn3c(=O)c(C(=O)NCCCN4CCCC4=O)cnc3s2)CC1. The first kappa shape index (κ1) is 19.8. The molecule has 2 aromatic rings. The number of nitrogens with zero attached hydrogens (tertiary/aromatic N) is 5. The molecule has 0 saturated carbocycles. The van der Waals surface area contributed by atoms with E-state index in [1.807, 2.05) is 4.90 Å². The Morgan fingerprint density at radius 2 is 2.07 bits per heavy atom. The Labute approximate surface area is 172 Å². The lowest BCUT2D eigenvalue weighted by Crippen LogP contribution is -2.34. The van der Waals surface area contributed by atoms with Crippen molar-refractivity contribution >= 4 is 33.2 Å². The molecule has 29 heavy (non-hydrogen) atoms. The van der Waals surface area contributed by atoms with Crippen molar-refractivity contribution in [1.82, 2.24) is 24.8 Å². The van der Waals surface area contributed by atoms with E-state index in [-0.39, 0.29) is 11.5 Å². The second-order valence-electron chi connectivity index (χ2n) is 7.82. The van der Waals surface area contributed by atoms with Gasteiger partial charge >= 0.3 is 0 Å². The normalized spacial score (nSPS) is 18.0. The molecule has 0 atom stereocenters. The largest absolute Gasteiger partial charge is 0.352 e. The average molecular weight is 419 g/mol. The third-order valence-electron chi connectivity index (χ3n) is 5.64. The monoisotopic (exact) mass is 418 g/mol. The fraction of sp³-hybridized carbons (Fsp3) is 0.632. The van der Waals surface area contributed by atoms with Crippen LogP contribution < -0.4 is 15.8 Å². The van der Waals surface area contributed by atoms with Crippen LogP contribution in [0.2, 0.25) is 0 Å². The number of anilines is 1. The molecule has 2 aliphatic heterocycles. The van der Waals surface area contributed by atoms with Crippen LogP contribution in [0.5, 0.6) is 0 Å². The zero-order valence-electron chi connectivity index (χ0n) is 16.6. The van der Waals surface area contributed by atoms with E-state index in [4.69, 9.17) is 0 Å². The molecular formula is C19H26N6O3S. The second-order valence-corrected chi connectivity index (χ2v) is 8.75. The van der Waals surface area contributed by atoms with Crippen LogP contribution in [0, 0.1) is 5.92 Å². The Morgan fingerprint density at radius 1 is 1.28 bits per heavy atom. The summed E-state index contributed by atoms with van der Waals surface area (Å²) in [6, 6.07) is 0. The molecule has 4 heterocycles. The van der Waals surface area contributed by atoms with Gasteiger partial charge in [-0.25, -0.2) is 4.98 Å². The molecule has 0 spiro atoms. The smallest absolute Gasteiger partial charge is 0.288 e. The molecule has 2 amide bonds. The molecule has 156 valence electrons. The summed E-state index contributed by atoms with van der Waals surface area (Å²) in [6.45, 7) is 5.90. The van der Waals surface area contributed by atoms with Gasteiger partial charge in [-0.3, -0.25) is 14.4 Å². The maximum absolute atomic E-state index is 12.7.